The Balaban J connectivity index is 2.14. The summed E-state index contributed by atoms with van der Waals surface area (Å²) in [5.41, 5.74) is 1.01. The number of aryl methyl sites for hydroxylation is 1. The number of amides is 2. The van der Waals surface area contributed by atoms with Crippen LogP contribution >= 0.6 is 0 Å². The number of aromatic hydroxyl groups is 1. The third kappa shape index (κ3) is 1.67. The number of phenolic OH excluding ortho intramolecular Hbond substituents is 1. The van der Waals surface area contributed by atoms with Gasteiger partial charge < -0.3 is 20.4 Å². The van der Waals surface area contributed by atoms with Gasteiger partial charge in [-0.1, -0.05) is 6.07 Å². The number of nitrogens with one attached hydrogen (secondary N) is 1. The number of aliphatic hydroxyl groups is 1. The Labute approximate surface area is 109 Å². The van der Waals surface area contributed by atoms with E-state index >= 15 is 0 Å². The highest BCUT2D eigenvalue weighted by molar-refractivity contribution is 6.11. The third-order valence-electron chi connectivity index (χ3n) is 3.70. The predicted octanol–water partition coefficient (Wildman–Crippen LogP) is 0.228. The van der Waals surface area contributed by atoms with Crippen LogP contribution < -0.4 is 5.32 Å². The summed E-state index contributed by atoms with van der Waals surface area (Å²) in [6, 6.07) is 2.54. The number of carbonyl (C=O) groups is 2. The summed E-state index contributed by atoms with van der Waals surface area (Å²) in [6.45, 7) is 1.84. The number of benzene rings is 1. The summed E-state index contributed by atoms with van der Waals surface area (Å²) in [5, 5.41) is 22.2. The number of nitrogens with zero attached hydrogens (tertiary/aromatic N) is 1. The van der Waals surface area contributed by atoms with Gasteiger partial charge in [-0.05, 0) is 18.6 Å². The summed E-state index contributed by atoms with van der Waals surface area (Å²) < 4.78 is 0. The number of hydrogen-bond donors (Lipinski definition) is 3. The third-order valence-corrected chi connectivity index (χ3v) is 3.70. The van der Waals surface area contributed by atoms with E-state index in [1.165, 1.54) is 4.90 Å². The molecule has 0 radical (unpaired) electrons. The van der Waals surface area contributed by atoms with Crippen molar-refractivity contribution in [2.45, 2.75) is 25.5 Å². The van der Waals surface area contributed by atoms with Gasteiger partial charge >= 0.3 is 0 Å². The molecule has 6 heteroatoms. The highest BCUT2D eigenvalue weighted by Gasteiger charge is 2.42. The summed E-state index contributed by atoms with van der Waals surface area (Å²) in [7, 11) is 0. The van der Waals surface area contributed by atoms with Gasteiger partial charge in [0.2, 0.25) is 5.91 Å². The normalized spacial score (nSPS) is 25.7. The van der Waals surface area contributed by atoms with Gasteiger partial charge in [-0.3, -0.25) is 9.59 Å². The lowest BCUT2D eigenvalue weighted by atomic mass is 10.1. The Morgan fingerprint density at radius 3 is 2.84 bits per heavy atom. The Kier molecular flexibility index (Phi) is 2.50. The Bertz CT molecular complexity index is 584. The van der Waals surface area contributed by atoms with Crippen molar-refractivity contribution in [3.8, 4) is 5.75 Å². The van der Waals surface area contributed by atoms with Gasteiger partial charge in [-0.2, -0.15) is 0 Å². The zero-order valence-corrected chi connectivity index (χ0v) is 10.4. The summed E-state index contributed by atoms with van der Waals surface area (Å²) >= 11 is 0. The molecule has 0 aromatic heterocycles. The van der Waals surface area contributed by atoms with Gasteiger partial charge in [0.15, 0.2) is 0 Å². The molecule has 3 N–H and O–H groups in total. The van der Waals surface area contributed by atoms with E-state index in [1.807, 2.05) is 0 Å². The molecule has 1 aromatic carbocycles. The van der Waals surface area contributed by atoms with Crippen LogP contribution in [0.15, 0.2) is 12.1 Å². The van der Waals surface area contributed by atoms with Crippen molar-refractivity contribution in [1.29, 1.82) is 0 Å². The Morgan fingerprint density at radius 2 is 2.11 bits per heavy atom. The fraction of sp³-hybridized carbons (Fsp3) is 0.385. The Hall–Kier alpha value is -2.08. The fourth-order valence-corrected chi connectivity index (χ4v) is 2.65. The minimum absolute atomic E-state index is 0.0825. The first kappa shape index (κ1) is 12.0. The zero-order valence-electron chi connectivity index (χ0n) is 10.4. The molecule has 100 valence electrons. The molecule has 0 aliphatic carbocycles. The SMILES string of the molecule is Cc1ccc2c(c1O)NC(=O)C1CC(O)CN1C2=O. The molecule has 0 bridgehead atoms. The highest BCUT2D eigenvalue weighted by Crippen LogP contribution is 2.36. The average molecular weight is 262 g/mol. The van der Waals surface area contributed by atoms with Gasteiger partial charge in [-0.15, -0.1) is 0 Å². The molecule has 1 fully saturated rings. The second-order valence-corrected chi connectivity index (χ2v) is 5.01. The number of anilines is 1. The molecule has 1 saturated heterocycles. The number of carbonyl (C=O) groups excluding carboxylic acids is 2. The summed E-state index contributed by atoms with van der Waals surface area (Å²) in [4.78, 5) is 25.8. The van der Waals surface area contributed by atoms with Crippen LogP contribution in [0.4, 0.5) is 5.69 Å². The largest absolute Gasteiger partial charge is 0.505 e. The van der Waals surface area contributed by atoms with Gasteiger partial charge in [0.25, 0.3) is 5.91 Å². The number of fused-ring (bicyclic) bond motifs is 2. The van der Waals surface area contributed by atoms with Crippen LogP contribution in [0, 0.1) is 6.92 Å². The molecule has 2 atom stereocenters. The van der Waals surface area contributed by atoms with Crippen LogP contribution in [0.2, 0.25) is 0 Å². The maximum atomic E-state index is 12.4. The molecule has 0 saturated carbocycles. The lowest BCUT2D eigenvalue weighted by Crippen LogP contribution is -2.40. The van der Waals surface area contributed by atoms with E-state index in [0.29, 0.717) is 5.56 Å². The molecule has 2 aliphatic rings. The molecule has 19 heavy (non-hydrogen) atoms. The average Bonchev–Trinajstić information content (AvgIpc) is 2.72. The first-order chi connectivity index (χ1) is 8.99. The minimum atomic E-state index is -0.680. The minimum Gasteiger partial charge on any atom is -0.505 e. The van der Waals surface area contributed by atoms with Crippen LogP contribution in [0.5, 0.6) is 5.75 Å². The van der Waals surface area contributed by atoms with Crippen LogP contribution in [0.25, 0.3) is 0 Å². The summed E-state index contributed by atoms with van der Waals surface area (Å²) in [6.07, 6.45) is -0.453. The number of rotatable bonds is 0. The summed E-state index contributed by atoms with van der Waals surface area (Å²) in [5.74, 6) is -0.796. The van der Waals surface area contributed by atoms with E-state index in [-0.39, 0.29) is 41.8 Å². The highest BCUT2D eigenvalue weighted by atomic mass is 16.3. The molecule has 2 unspecified atom stereocenters. The second-order valence-electron chi connectivity index (χ2n) is 5.01. The molecule has 2 heterocycles. The van der Waals surface area contributed by atoms with Crippen molar-refractivity contribution in [3.05, 3.63) is 23.3 Å². The van der Waals surface area contributed by atoms with E-state index < -0.39 is 12.1 Å². The van der Waals surface area contributed by atoms with Crippen molar-refractivity contribution in [2.75, 3.05) is 11.9 Å². The zero-order chi connectivity index (χ0) is 13.7. The fourth-order valence-electron chi connectivity index (χ4n) is 2.65. The van der Waals surface area contributed by atoms with Gasteiger partial charge in [0.1, 0.15) is 11.8 Å². The Morgan fingerprint density at radius 1 is 1.37 bits per heavy atom. The van der Waals surface area contributed by atoms with E-state index in [9.17, 15) is 19.8 Å². The van der Waals surface area contributed by atoms with Gasteiger partial charge in [0, 0.05) is 13.0 Å². The van der Waals surface area contributed by atoms with Crippen LogP contribution in [-0.4, -0.2) is 45.6 Å². The second kappa shape index (κ2) is 3.96. The van der Waals surface area contributed by atoms with Crippen LogP contribution in [0.1, 0.15) is 22.3 Å². The van der Waals surface area contributed by atoms with Crippen molar-refractivity contribution in [1.82, 2.24) is 4.90 Å². The first-order valence-corrected chi connectivity index (χ1v) is 6.11. The molecule has 2 aliphatic heterocycles. The first-order valence-electron chi connectivity index (χ1n) is 6.11. The smallest absolute Gasteiger partial charge is 0.256 e. The van der Waals surface area contributed by atoms with Crippen molar-refractivity contribution in [2.24, 2.45) is 0 Å². The predicted molar refractivity (Wildman–Crippen MR) is 66.9 cm³/mol. The molecular weight excluding hydrogens is 248 g/mol. The molecule has 3 rings (SSSR count). The van der Waals surface area contributed by atoms with Crippen LogP contribution in [0.3, 0.4) is 0 Å². The van der Waals surface area contributed by atoms with Crippen molar-refractivity contribution >= 4 is 17.5 Å². The lowest BCUT2D eigenvalue weighted by Gasteiger charge is -2.19. The van der Waals surface area contributed by atoms with Gasteiger partial charge in [-0.25, -0.2) is 0 Å². The van der Waals surface area contributed by atoms with E-state index in [1.54, 1.807) is 19.1 Å². The molecule has 6 nitrogen and oxygen atoms in total. The van der Waals surface area contributed by atoms with E-state index in [4.69, 9.17) is 0 Å². The maximum Gasteiger partial charge on any atom is 0.256 e. The lowest BCUT2D eigenvalue weighted by molar-refractivity contribution is -0.119. The van der Waals surface area contributed by atoms with Gasteiger partial charge in [0.05, 0.1) is 17.4 Å². The van der Waals surface area contributed by atoms with Crippen LogP contribution in [-0.2, 0) is 4.79 Å². The van der Waals surface area contributed by atoms with E-state index in [0.717, 1.165) is 0 Å². The quantitative estimate of drug-likeness (QED) is 0.584. The number of aliphatic hydroxyl groups excluding tert-OH is 1. The topological polar surface area (TPSA) is 89.9 Å². The monoisotopic (exact) mass is 262 g/mol. The van der Waals surface area contributed by atoms with Crippen molar-refractivity contribution < 1.29 is 19.8 Å². The standard InChI is InChI=1S/C13H14N2O4/c1-6-2-3-8-10(11(6)17)14-12(18)9-4-7(16)5-15(9)13(8)19/h2-3,7,9,16-17H,4-5H2,1H3,(H,14,18). The molecular formula is C13H14N2O4. The maximum absolute atomic E-state index is 12.4. The molecule has 2 amide bonds. The molecule has 0 spiro atoms. The number of phenols is 1. The molecule has 1 aromatic rings. The number of hydrogen-bond acceptors (Lipinski definition) is 4. The van der Waals surface area contributed by atoms with E-state index in [2.05, 4.69) is 5.32 Å². The van der Waals surface area contributed by atoms with Crippen molar-refractivity contribution in [3.63, 3.8) is 0 Å².